The van der Waals surface area contributed by atoms with Crippen LogP contribution in [0.15, 0.2) is 29.8 Å². The van der Waals surface area contributed by atoms with Crippen LogP contribution in [0.2, 0.25) is 0 Å². The fourth-order valence-corrected chi connectivity index (χ4v) is 1.89. The highest BCUT2D eigenvalue weighted by molar-refractivity contribution is 6.87. The van der Waals surface area contributed by atoms with E-state index in [1.54, 1.807) is 20.3 Å². The molecule has 0 aromatic heterocycles. The maximum Gasteiger partial charge on any atom is 0.242 e. The first-order chi connectivity index (χ1) is 8.19. The molecular formula is C12H14BN2O2. The van der Waals surface area contributed by atoms with Crippen molar-refractivity contribution in [3.8, 4) is 5.75 Å². The molecule has 1 atom stereocenters. The summed E-state index contributed by atoms with van der Waals surface area (Å²) in [6.07, 6.45) is 1.57. The Morgan fingerprint density at radius 1 is 1.47 bits per heavy atom. The second-order valence-corrected chi connectivity index (χ2v) is 3.73. The van der Waals surface area contributed by atoms with Gasteiger partial charge in [0.15, 0.2) is 0 Å². The normalized spacial score (nSPS) is 14.6. The van der Waals surface area contributed by atoms with Gasteiger partial charge >= 0.3 is 0 Å². The molecule has 0 amide bonds. The zero-order valence-corrected chi connectivity index (χ0v) is 9.93. The molecule has 1 aromatic rings. The van der Waals surface area contributed by atoms with Crippen LogP contribution in [0.5, 0.6) is 5.75 Å². The lowest BCUT2D eigenvalue weighted by Gasteiger charge is -2.14. The summed E-state index contributed by atoms with van der Waals surface area (Å²) >= 11 is 0. The standard InChI is InChI=1S/C12H14BN2O2/c1-4-9(16-2)7-5-8-11(10(6-7)17-3)15-12(14)13-8/h4-6,9H,1H2,2-3H3,(H2,14,15). The molecule has 87 valence electrons. The number of hydrogen-bond donors (Lipinski definition) is 1. The number of methoxy groups -OCH3 is 2. The third kappa shape index (κ3) is 2.06. The first-order valence-corrected chi connectivity index (χ1v) is 5.25. The summed E-state index contributed by atoms with van der Waals surface area (Å²) in [6, 6.07) is 3.88. The SMILES string of the molecule is C=CC(OC)c1cc2c(c(OC)c1)N=C(N)[B]2. The second kappa shape index (κ2) is 4.63. The third-order valence-electron chi connectivity index (χ3n) is 2.69. The van der Waals surface area contributed by atoms with E-state index in [1.807, 2.05) is 19.4 Å². The third-order valence-corrected chi connectivity index (χ3v) is 2.69. The summed E-state index contributed by atoms with van der Waals surface area (Å²) in [4.78, 5) is 4.22. The average Bonchev–Trinajstić information content (AvgIpc) is 2.70. The number of nitrogens with two attached hydrogens (primary N) is 1. The zero-order valence-electron chi connectivity index (χ0n) is 9.93. The van der Waals surface area contributed by atoms with Gasteiger partial charge in [-0.2, -0.15) is 0 Å². The van der Waals surface area contributed by atoms with Gasteiger partial charge in [-0.05, 0) is 17.1 Å². The molecule has 1 aliphatic rings. The predicted octanol–water partition coefficient (Wildman–Crippen LogP) is 0.858. The van der Waals surface area contributed by atoms with Gasteiger partial charge < -0.3 is 15.2 Å². The number of nitrogens with zero attached hydrogens (tertiary/aromatic N) is 1. The van der Waals surface area contributed by atoms with Crippen molar-refractivity contribution in [3.63, 3.8) is 0 Å². The summed E-state index contributed by atoms with van der Waals surface area (Å²) in [6.45, 7) is 3.74. The van der Waals surface area contributed by atoms with Crippen LogP contribution in [0.4, 0.5) is 5.69 Å². The molecule has 0 saturated heterocycles. The molecule has 17 heavy (non-hydrogen) atoms. The van der Waals surface area contributed by atoms with Crippen molar-refractivity contribution in [2.45, 2.75) is 6.10 Å². The average molecular weight is 229 g/mol. The Morgan fingerprint density at radius 3 is 2.82 bits per heavy atom. The smallest absolute Gasteiger partial charge is 0.242 e. The van der Waals surface area contributed by atoms with Crippen LogP contribution in [0, 0.1) is 0 Å². The van der Waals surface area contributed by atoms with E-state index >= 15 is 0 Å². The van der Waals surface area contributed by atoms with E-state index in [4.69, 9.17) is 15.2 Å². The molecule has 5 heteroatoms. The molecule has 1 aliphatic heterocycles. The number of ether oxygens (including phenoxy) is 2. The number of benzene rings is 1. The van der Waals surface area contributed by atoms with Crippen molar-refractivity contribution in [2.75, 3.05) is 14.2 Å². The Hall–Kier alpha value is -1.75. The van der Waals surface area contributed by atoms with E-state index in [9.17, 15) is 0 Å². The van der Waals surface area contributed by atoms with E-state index in [0.29, 0.717) is 11.5 Å². The fourth-order valence-electron chi connectivity index (χ4n) is 1.89. The number of fused-ring (bicyclic) bond motifs is 1. The Bertz CT molecular complexity index is 486. The molecule has 0 bridgehead atoms. The van der Waals surface area contributed by atoms with Gasteiger partial charge in [-0.1, -0.05) is 12.1 Å². The predicted molar refractivity (Wildman–Crippen MR) is 69.6 cm³/mol. The molecule has 0 saturated carbocycles. The molecular weight excluding hydrogens is 215 g/mol. The lowest BCUT2D eigenvalue weighted by atomic mass is 9.70. The molecule has 1 heterocycles. The molecule has 2 rings (SSSR count). The van der Waals surface area contributed by atoms with E-state index in [-0.39, 0.29) is 6.10 Å². The lowest BCUT2D eigenvalue weighted by molar-refractivity contribution is 0.143. The van der Waals surface area contributed by atoms with E-state index in [0.717, 1.165) is 16.7 Å². The number of rotatable bonds is 4. The van der Waals surface area contributed by atoms with Crippen LogP contribution in [0.1, 0.15) is 11.7 Å². The Morgan fingerprint density at radius 2 is 2.24 bits per heavy atom. The molecule has 2 N–H and O–H groups in total. The molecule has 4 nitrogen and oxygen atoms in total. The van der Waals surface area contributed by atoms with Gasteiger partial charge in [0.25, 0.3) is 0 Å². The van der Waals surface area contributed by atoms with Crippen LogP contribution in [0.25, 0.3) is 0 Å². The number of aliphatic imine (C=N–C) groups is 1. The monoisotopic (exact) mass is 229 g/mol. The zero-order chi connectivity index (χ0) is 12.4. The number of hydrogen-bond acceptors (Lipinski definition) is 4. The summed E-state index contributed by atoms with van der Waals surface area (Å²) in [5, 5.41) is 0. The van der Waals surface area contributed by atoms with Crippen molar-refractivity contribution in [1.29, 1.82) is 0 Å². The quantitative estimate of drug-likeness (QED) is 0.615. The lowest BCUT2D eigenvalue weighted by Crippen LogP contribution is -2.25. The Labute approximate surface area is 101 Å². The van der Waals surface area contributed by atoms with Gasteiger partial charge in [0.05, 0.1) is 12.8 Å². The molecule has 0 aliphatic carbocycles. The minimum absolute atomic E-state index is 0.163. The Balaban J connectivity index is 2.48. The molecule has 0 spiro atoms. The van der Waals surface area contributed by atoms with E-state index in [2.05, 4.69) is 11.6 Å². The van der Waals surface area contributed by atoms with Gasteiger partial charge in [-0.25, -0.2) is 4.99 Å². The van der Waals surface area contributed by atoms with Gasteiger partial charge in [0.1, 0.15) is 17.5 Å². The van der Waals surface area contributed by atoms with Crippen LogP contribution >= 0.6 is 0 Å². The van der Waals surface area contributed by atoms with Gasteiger partial charge in [-0.15, -0.1) is 6.58 Å². The minimum atomic E-state index is -0.163. The topological polar surface area (TPSA) is 56.8 Å². The first-order valence-electron chi connectivity index (χ1n) is 5.25. The van der Waals surface area contributed by atoms with Crippen molar-refractivity contribution < 1.29 is 9.47 Å². The van der Waals surface area contributed by atoms with Crippen LogP contribution < -0.4 is 15.9 Å². The summed E-state index contributed by atoms with van der Waals surface area (Å²) < 4.78 is 10.6. The van der Waals surface area contributed by atoms with Gasteiger partial charge in [0.2, 0.25) is 7.28 Å². The van der Waals surface area contributed by atoms with E-state index in [1.165, 1.54) is 0 Å². The maximum atomic E-state index is 5.69. The Kier molecular flexibility index (Phi) is 3.20. The van der Waals surface area contributed by atoms with Crippen LogP contribution in [-0.2, 0) is 4.74 Å². The first kappa shape index (κ1) is 11.7. The maximum absolute atomic E-state index is 5.69. The molecule has 1 radical (unpaired) electrons. The van der Waals surface area contributed by atoms with Crippen LogP contribution in [-0.4, -0.2) is 27.2 Å². The van der Waals surface area contributed by atoms with Crippen molar-refractivity contribution in [3.05, 3.63) is 30.4 Å². The van der Waals surface area contributed by atoms with Gasteiger partial charge in [0, 0.05) is 7.11 Å². The highest BCUT2D eigenvalue weighted by atomic mass is 16.5. The van der Waals surface area contributed by atoms with Crippen molar-refractivity contribution in [1.82, 2.24) is 0 Å². The highest BCUT2D eigenvalue weighted by Gasteiger charge is 2.21. The fraction of sp³-hybridized carbons (Fsp3) is 0.250. The second-order valence-electron chi connectivity index (χ2n) is 3.73. The van der Waals surface area contributed by atoms with E-state index < -0.39 is 0 Å². The van der Waals surface area contributed by atoms with Crippen molar-refractivity contribution >= 4 is 24.2 Å². The summed E-state index contributed by atoms with van der Waals surface area (Å²) in [5.74, 6) is 0.693. The largest absolute Gasteiger partial charge is 0.495 e. The van der Waals surface area contributed by atoms with Gasteiger partial charge in [-0.3, -0.25) is 0 Å². The minimum Gasteiger partial charge on any atom is -0.495 e. The summed E-state index contributed by atoms with van der Waals surface area (Å²) in [7, 11) is 5.07. The highest BCUT2D eigenvalue weighted by Crippen LogP contribution is 2.31. The number of amidine groups is 1. The molecule has 0 fully saturated rings. The van der Waals surface area contributed by atoms with Crippen LogP contribution in [0.3, 0.4) is 0 Å². The molecule has 1 aromatic carbocycles. The molecule has 1 unspecified atom stereocenters. The summed E-state index contributed by atoms with van der Waals surface area (Å²) in [5.41, 5.74) is 8.86. The van der Waals surface area contributed by atoms with Crippen molar-refractivity contribution in [2.24, 2.45) is 10.7 Å².